The molecule has 0 radical (unpaired) electrons. The van der Waals surface area contributed by atoms with Crippen LogP contribution in [0.3, 0.4) is 0 Å². The van der Waals surface area contributed by atoms with E-state index in [4.69, 9.17) is 18.9 Å². The fourth-order valence-corrected chi connectivity index (χ4v) is 4.29. The monoisotopic (exact) mass is 418 g/mol. The molecule has 0 unspecified atom stereocenters. The Morgan fingerprint density at radius 2 is 1.77 bits per heavy atom. The highest BCUT2D eigenvalue weighted by Crippen LogP contribution is 2.58. The lowest BCUT2D eigenvalue weighted by Crippen LogP contribution is -2.45. The van der Waals surface area contributed by atoms with Crippen molar-refractivity contribution in [3.05, 3.63) is 42.5 Å². The average molecular weight is 418 g/mol. The van der Waals surface area contributed by atoms with Gasteiger partial charge in [-0.25, -0.2) is 4.79 Å². The molecule has 1 aromatic carbocycles. The Morgan fingerprint density at radius 3 is 2.27 bits per heavy atom. The normalized spacial score (nSPS) is 21.9. The van der Waals surface area contributed by atoms with Gasteiger partial charge in [-0.05, 0) is 37.0 Å². The molecular weight excluding hydrogens is 392 g/mol. The Morgan fingerprint density at radius 1 is 1.13 bits per heavy atom. The first kappa shape index (κ1) is 23.1. The molecular formula is C22H26O8. The van der Waals surface area contributed by atoms with Crippen LogP contribution in [0, 0.1) is 17.3 Å². The summed E-state index contributed by atoms with van der Waals surface area (Å²) in [4.78, 5) is 51.4. The van der Waals surface area contributed by atoms with Gasteiger partial charge < -0.3 is 18.9 Å². The first-order valence-electron chi connectivity index (χ1n) is 9.46. The third kappa shape index (κ3) is 3.81. The van der Waals surface area contributed by atoms with Gasteiger partial charge in [0.25, 0.3) is 0 Å². The number of methoxy groups -OCH3 is 3. The van der Waals surface area contributed by atoms with Gasteiger partial charge in [-0.1, -0.05) is 18.2 Å². The molecule has 0 saturated heterocycles. The topological polar surface area (TPSA) is 105 Å². The number of Topliss-reactive ketones (excluding diaryl/α,β-unsaturated/α-hetero) is 1. The molecule has 0 aromatic heterocycles. The van der Waals surface area contributed by atoms with Crippen molar-refractivity contribution >= 4 is 23.7 Å². The molecule has 2 rings (SSSR count). The van der Waals surface area contributed by atoms with Crippen LogP contribution in [-0.4, -0.2) is 51.6 Å². The maximum atomic E-state index is 13.1. The average Bonchev–Trinajstić information content (AvgIpc) is 3.13. The molecule has 1 aliphatic carbocycles. The molecule has 1 aliphatic rings. The zero-order chi connectivity index (χ0) is 22.5. The van der Waals surface area contributed by atoms with Gasteiger partial charge >= 0.3 is 17.9 Å². The molecule has 8 nitrogen and oxygen atoms in total. The number of esters is 3. The van der Waals surface area contributed by atoms with Crippen molar-refractivity contribution in [2.75, 3.05) is 27.9 Å². The van der Waals surface area contributed by atoms with E-state index in [1.807, 2.05) is 0 Å². The third-order valence-electron chi connectivity index (χ3n) is 5.54. The van der Waals surface area contributed by atoms with Crippen LogP contribution in [-0.2, 0) is 33.4 Å². The Balaban J connectivity index is 2.79. The molecule has 0 heterocycles. The minimum Gasteiger partial charge on any atom is -0.497 e. The number of rotatable bonds is 8. The van der Waals surface area contributed by atoms with Crippen LogP contribution < -0.4 is 4.74 Å². The Hall–Kier alpha value is -3.16. The zero-order valence-electron chi connectivity index (χ0n) is 17.5. The standard InChI is InChI=1S/C22H26O8/c1-6-13-12-22(20(25)28-4,21(26)29-5)17(14-9-8-10-15(11-14)27-3)16(13)18(23)19(24)30-7-2/h6,8-11,13,16-17H,1,7,12H2,2-5H3/t13-,16-,17+/m0/s1. The number of ether oxygens (including phenoxy) is 4. The lowest BCUT2D eigenvalue weighted by Gasteiger charge is -2.32. The van der Waals surface area contributed by atoms with Gasteiger partial charge in [-0.3, -0.25) is 14.4 Å². The van der Waals surface area contributed by atoms with Crippen LogP contribution in [0.4, 0.5) is 0 Å². The van der Waals surface area contributed by atoms with Gasteiger partial charge in [-0.15, -0.1) is 6.58 Å². The largest absolute Gasteiger partial charge is 0.497 e. The molecule has 0 spiro atoms. The molecule has 0 amide bonds. The smallest absolute Gasteiger partial charge is 0.374 e. The van der Waals surface area contributed by atoms with Crippen molar-refractivity contribution in [2.45, 2.75) is 19.3 Å². The third-order valence-corrected chi connectivity index (χ3v) is 5.54. The van der Waals surface area contributed by atoms with Crippen molar-refractivity contribution in [3.8, 4) is 5.75 Å². The highest BCUT2D eigenvalue weighted by atomic mass is 16.5. The van der Waals surface area contributed by atoms with E-state index in [-0.39, 0.29) is 13.0 Å². The molecule has 1 saturated carbocycles. The zero-order valence-corrected chi connectivity index (χ0v) is 17.5. The predicted octanol–water partition coefficient (Wildman–Crippen LogP) is 2.07. The van der Waals surface area contributed by atoms with Crippen molar-refractivity contribution in [2.24, 2.45) is 17.3 Å². The lowest BCUT2D eigenvalue weighted by molar-refractivity contribution is -0.171. The maximum absolute atomic E-state index is 13.1. The first-order valence-corrected chi connectivity index (χ1v) is 9.46. The molecule has 1 aromatic rings. The van der Waals surface area contributed by atoms with Crippen molar-refractivity contribution in [1.29, 1.82) is 0 Å². The van der Waals surface area contributed by atoms with E-state index in [1.54, 1.807) is 31.2 Å². The summed E-state index contributed by atoms with van der Waals surface area (Å²) >= 11 is 0. The van der Waals surface area contributed by atoms with Crippen LogP contribution in [0.15, 0.2) is 36.9 Å². The van der Waals surface area contributed by atoms with Gasteiger partial charge in [-0.2, -0.15) is 0 Å². The minimum absolute atomic E-state index is 0.0129. The summed E-state index contributed by atoms with van der Waals surface area (Å²) in [7, 11) is 3.77. The van der Waals surface area contributed by atoms with E-state index in [0.29, 0.717) is 11.3 Å². The van der Waals surface area contributed by atoms with E-state index in [9.17, 15) is 19.2 Å². The fourth-order valence-electron chi connectivity index (χ4n) is 4.29. The van der Waals surface area contributed by atoms with Crippen LogP contribution in [0.2, 0.25) is 0 Å². The number of benzene rings is 1. The highest BCUT2D eigenvalue weighted by molar-refractivity contribution is 6.35. The number of hydrogen-bond acceptors (Lipinski definition) is 8. The minimum atomic E-state index is -1.85. The lowest BCUT2D eigenvalue weighted by atomic mass is 9.70. The first-order chi connectivity index (χ1) is 14.3. The van der Waals surface area contributed by atoms with E-state index in [1.165, 1.54) is 13.2 Å². The number of allylic oxidation sites excluding steroid dienone is 1. The molecule has 0 N–H and O–H groups in total. The second-order valence-electron chi connectivity index (χ2n) is 6.92. The molecule has 30 heavy (non-hydrogen) atoms. The van der Waals surface area contributed by atoms with Crippen LogP contribution >= 0.6 is 0 Å². The number of ketones is 1. The number of carbonyl (C=O) groups is 4. The summed E-state index contributed by atoms with van der Waals surface area (Å²) in [5, 5.41) is 0. The van der Waals surface area contributed by atoms with Gasteiger partial charge in [0, 0.05) is 11.8 Å². The van der Waals surface area contributed by atoms with Crippen LogP contribution in [0.5, 0.6) is 5.75 Å². The van der Waals surface area contributed by atoms with Crippen molar-refractivity contribution in [1.82, 2.24) is 0 Å². The molecule has 1 fully saturated rings. The predicted molar refractivity (Wildman–Crippen MR) is 106 cm³/mol. The Labute approximate surface area is 175 Å². The Bertz CT molecular complexity index is 827. The summed E-state index contributed by atoms with van der Waals surface area (Å²) in [6.07, 6.45) is 1.36. The quantitative estimate of drug-likeness (QED) is 0.208. The molecule has 3 atom stereocenters. The highest BCUT2D eigenvalue weighted by Gasteiger charge is 2.66. The van der Waals surface area contributed by atoms with Crippen molar-refractivity contribution in [3.63, 3.8) is 0 Å². The van der Waals surface area contributed by atoms with Crippen molar-refractivity contribution < 1.29 is 38.1 Å². The maximum Gasteiger partial charge on any atom is 0.374 e. The van der Waals surface area contributed by atoms with E-state index in [0.717, 1.165) is 14.2 Å². The van der Waals surface area contributed by atoms with Crippen LogP contribution in [0.25, 0.3) is 0 Å². The summed E-state index contributed by atoms with van der Waals surface area (Å²) < 4.78 is 20.1. The molecule has 0 bridgehead atoms. The van der Waals surface area contributed by atoms with E-state index >= 15 is 0 Å². The second-order valence-corrected chi connectivity index (χ2v) is 6.92. The van der Waals surface area contributed by atoms with Gasteiger partial charge in [0.15, 0.2) is 5.41 Å². The summed E-state index contributed by atoms with van der Waals surface area (Å²) in [5.41, 5.74) is -1.39. The number of carbonyl (C=O) groups excluding carboxylic acids is 4. The Kier molecular flexibility index (Phi) is 7.37. The van der Waals surface area contributed by atoms with E-state index in [2.05, 4.69) is 6.58 Å². The SMILES string of the molecule is C=C[C@H]1CC(C(=O)OC)(C(=O)OC)[C@H](c2cccc(OC)c2)[C@H]1C(=O)C(=O)OCC. The van der Waals surface area contributed by atoms with Gasteiger partial charge in [0.05, 0.1) is 27.9 Å². The fraction of sp³-hybridized carbons (Fsp3) is 0.455. The van der Waals surface area contributed by atoms with Crippen LogP contribution in [0.1, 0.15) is 24.8 Å². The molecule has 0 aliphatic heterocycles. The summed E-state index contributed by atoms with van der Waals surface area (Å²) in [6, 6.07) is 6.62. The number of hydrogen-bond donors (Lipinski definition) is 0. The van der Waals surface area contributed by atoms with Gasteiger partial charge in [0.1, 0.15) is 5.75 Å². The molecule has 8 heteroatoms. The van der Waals surface area contributed by atoms with E-state index < -0.39 is 46.9 Å². The summed E-state index contributed by atoms with van der Waals surface area (Å²) in [5.74, 6) is -5.92. The second kappa shape index (κ2) is 9.56. The van der Waals surface area contributed by atoms with Gasteiger partial charge in [0.2, 0.25) is 5.78 Å². The molecule has 162 valence electrons. The summed E-state index contributed by atoms with van der Waals surface area (Å²) in [6.45, 7) is 5.34.